The minimum absolute atomic E-state index is 0. The lowest BCUT2D eigenvalue weighted by Crippen LogP contribution is -2.64. The summed E-state index contributed by atoms with van der Waals surface area (Å²) < 4.78 is 26.4. The smallest absolute Gasteiger partial charge is 0.344 e. The number of likely N-dealkylation sites (tertiary alicyclic amines) is 1. The van der Waals surface area contributed by atoms with Crippen molar-refractivity contribution in [2.24, 2.45) is 0 Å². The number of benzene rings is 2. The van der Waals surface area contributed by atoms with Gasteiger partial charge in [-0.3, -0.25) is 4.90 Å². The zero-order valence-corrected chi connectivity index (χ0v) is 16.8. The van der Waals surface area contributed by atoms with Gasteiger partial charge in [0.05, 0.1) is 6.04 Å². The Kier molecular flexibility index (Phi) is 7.52. The molecule has 0 aliphatic carbocycles. The molecule has 2 aromatic rings. The van der Waals surface area contributed by atoms with Gasteiger partial charge in [0.2, 0.25) is 11.3 Å². The first-order valence-electron chi connectivity index (χ1n) is 9.14. The molecule has 30 heavy (non-hydrogen) atoms. The van der Waals surface area contributed by atoms with Crippen LogP contribution in [-0.4, -0.2) is 64.6 Å². The second kappa shape index (κ2) is 9.51. The van der Waals surface area contributed by atoms with Crippen LogP contribution >= 0.6 is 12.4 Å². The van der Waals surface area contributed by atoms with Crippen molar-refractivity contribution in [3.8, 4) is 0 Å². The highest BCUT2D eigenvalue weighted by atomic mass is 35.5. The maximum absolute atomic E-state index is 14.0. The predicted molar refractivity (Wildman–Crippen MR) is 111 cm³/mol. The molecule has 2 saturated heterocycles. The molecule has 2 fully saturated rings. The van der Waals surface area contributed by atoms with E-state index in [9.17, 15) is 18.4 Å². The van der Waals surface area contributed by atoms with Crippen LogP contribution in [0.2, 0.25) is 0 Å². The van der Waals surface area contributed by atoms with Crippen LogP contribution < -0.4 is 5.32 Å². The molecule has 0 amide bonds. The van der Waals surface area contributed by atoms with Crippen LogP contribution in [0.5, 0.6) is 0 Å². The maximum atomic E-state index is 14.0. The second-order valence-corrected chi connectivity index (χ2v) is 7.27. The summed E-state index contributed by atoms with van der Waals surface area (Å²) in [6.07, 6.45) is 0. The van der Waals surface area contributed by atoms with E-state index in [1.807, 2.05) is 65.6 Å². The molecule has 0 bridgehead atoms. The Morgan fingerprint density at radius 1 is 0.867 bits per heavy atom. The molecule has 4 rings (SSSR count). The fourth-order valence-electron chi connectivity index (χ4n) is 3.30. The van der Waals surface area contributed by atoms with Gasteiger partial charge in [0, 0.05) is 27.6 Å². The van der Waals surface area contributed by atoms with Gasteiger partial charge in [-0.25, -0.2) is 18.4 Å². The third kappa shape index (κ3) is 4.95. The number of alkyl halides is 2. The van der Waals surface area contributed by atoms with Crippen molar-refractivity contribution in [1.82, 2.24) is 10.2 Å². The minimum Gasteiger partial charge on any atom is -0.479 e. The minimum atomic E-state index is -2.12. The average Bonchev–Trinajstić information content (AvgIpc) is 2.67. The summed E-state index contributed by atoms with van der Waals surface area (Å²) in [4.78, 5) is 22.7. The third-order valence-corrected chi connectivity index (χ3v) is 5.08. The molecule has 6 nitrogen and oxygen atoms in total. The highest BCUT2D eigenvalue weighted by Crippen LogP contribution is 2.37. The van der Waals surface area contributed by atoms with E-state index in [0.717, 1.165) is 11.1 Å². The van der Waals surface area contributed by atoms with Crippen molar-refractivity contribution in [1.29, 1.82) is 0 Å². The van der Waals surface area contributed by atoms with Gasteiger partial charge in [0.15, 0.2) is 0 Å². The Morgan fingerprint density at radius 3 is 1.53 bits per heavy atom. The molecule has 2 aliphatic rings. The van der Waals surface area contributed by atoms with E-state index in [4.69, 9.17) is 10.2 Å². The van der Waals surface area contributed by atoms with Gasteiger partial charge in [-0.1, -0.05) is 60.7 Å². The molecular weight excluding hydrogens is 418 g/mol. The van der Waals surface area contributed by atoms with E-state index < -0.39 is 23.3 Å². The molecule has 164 valence electrons. The fourth-order valence-corrected chi connectivity index (χ4v) is 3.30. The van der Waals surface area contributed by atoms with Gasteiger partial charge in [-0.05, 0) is 11.1 Å². The number of carboxylic acids is 2. The number of aliphatic carboxylic acids is 2. The van der Waals surface area contributed by atoms with Crippen LogP contribution in [0.4, 0.5) is 8.78 Å². The quantitative estimate of drug-likeness (QED) is 0.659. The van der Waals surface area contributed by atoms with Crippen molar-refractivity contribution >= 4 is 24.3 Å². The van der Waals surface area contributed by atoms with Crippen LogP contribution in [0.25, 0.3) is 0 Å². The van der Waals surface area contributed by atoms with Crippen molar-refractivity contribution in [3.05, 3.63) is 71.8 Å². The first kappa shape index (κ1) is 23.7. The summed E-state index contributed by atoms with van der Waals surface area (Å²) in [6.45, 7) is -0.280. The van der Waals surface area contributed by atoms with E-state index in [2.05, 4.69) is 5.32 Å². The number of carbonyl (C=O) groups is 2. The number of nitrogens with zero attached hydrogens (tertiary/aromatic N) is 1. The normalized spacial score (nSPS) is 18.6. The maximum Gasteiger partial charge on any atom is 0.344 e. The summed E-state index contributed by atoms with van der Waals surface area (Å²) in [5.41, 5.74) is -2.02. The molecule has 0 radical (unpaired) electrons. The Hall–Kier alpha value is -2.55. The third-order valence-electron chi connectivity index (χ3n) is 5.08. The van der Waals surface area contributed by atoms with Crippen LogP contribution in [0.15, 0.2) is 60.7 Å². The highest BCUT2D eigenvalue weighted by molar-refractivity contribution is 5.85. The lowest BCUT2D eigenvalue weighted by atomic mass is 9.88. The molecule has 2 heterocycles. The van der Waals surface area contributed by atoms with Crippen LogP contribution in [0.1, 0.15) is 18.6 Å². The number of rotatable bonds is 5. The first-order chi connectivity index (χ1) is 13.8. The Morgan fingerprint density at radius 2 is 1.27 bits per heavy atom. The number of nitrogens with one attached hydrogen (secondary N) is 1. The van der Waals surface area contributed by atoms with Crippen molar-refractivity contribution in [2.75, 3.05) is 26.2 Å². The monoisotopic (exact) mass is 442 g/mol. The number of carboxylic acid groups (broad SMARTS) is 2. The van der Waals surface area contributed by atoms with Crippen molar-refractivity contribution in [2.45, 2.75) is 17.4 Å². The van der Waals surface area contributed by atoms with Crippen molar-refractivity contribution < 1.29 is 30.0 Å². The van der Waals surface area contributed by atoms with Gasteiger partial charge in [0.25, 0.3) is 0 Å². The summed E-state index contributed by atoms with van der Waals surface area (Å²) >= 11 is 0. The summed E-state index contributed by atoms with van der Waals surface area (Å²) in [7, 11) is 0. The standard InChI is InChI=1S/C17H16FNO2.C4H6FNO2.ClH.H2/c18-17(16(20)21)11-19(12-17)15(13-7-3-1-4-8-13)14-9-5-2-6-10-14;5-4(3(7)8)1-6-2-4;;/h1-10,15H,11-12H2,(H,20,21);6H,1-2H2,(H,7,8);2*1H. The second-order valence-electron chi connectivity index (χ2n) is 7.27. The molecule has 2 aromatic carbocycles. The number of hydrogen-bond donors (Lipinski definition) is 3. The van der Waals surface area contributed by atoms with E-state index in [1.54, 1.807) is 0 Å². The Labute approximate surface area is 180 Å². The van der Waals surface area contributed by atoms with E-state index >= 15 is 0 Å². The van der Waals surface area contributed by atoms with E-state index in [0.29, 0.717) is 0 Å². The summed E-state index contributed by atoms with van der Waals surface area (Å²) in [5, 5.41) is 19.5. The van der Waals surface area contributed by atoms with E-state index in [1.165, 1.54) is 0 Å². The molecule has 0 saturated carbocycles. The van der Waals surface area contributed by atoms with Gasteiger partial charge in [0.1, 0.15) is 0 Å². The van der Waals surface area contributed by atoms with Gasteiger partial charge >= 0.3 is 11.9 Å². The van der Waals surface area contributed by atoms with Crippen LogP contribution in [0.3, 0.4) is 0 Å². The first-order valence-corrected chi connectivity index (χ1v) is 9.14. The van der Waals surface area contributed by atoms with E-state index in [-0.39, 0.29) is 46.1 Å². The largest absolute Gasteiger partial charge is 0.479 e. The topological polar surface area (TPSA) is 89.9 Å². The highest BCUT2D eigenvalue weighted by Gasteiger charge is 2.52. The summed E-state index contributed by atoms with van der Waals surface area (Å²) in [6, 6.07) is 19.4. The lowest BCUT2D eigenvalue weighted by molar-refractivity contribution is -0.165. The Balaban J connectivity index is 0.000000410. The number of hydrogen-bond acceptors (Lipinski definition) is 4. The fraction of sp³-hybridized carbons (Fsp3) is 0.333. The summed E-state index contributed by atoms with van der Waals surface area (Å²) in [5.74, 6) is -2.74. The molecule has 2 aliphatic heterocycles. The van der Waals surface area contributed by atoms with Crippen molar-refractivity contribution in [3.63, 3.8) is 0 Å². The van der Waals surface area contributed by atoms with Gasteiger partial charge in [-0.15, -0.1) is 12.4 Å². The zero-order chi connectivity index (χ0) is 21.1. The average molecular weight is 443 g/mol. The molecule has 0 atom stereocenters. The van der Waals surface area contributed by atoms with Crippen LogP contribution in [-0.2, 0) is 9.59 Å². The molecule has 0 unspecified atom stereocenters. The van der Waals surface area contributed by atoms with Gasteiger partial charge < -0.3 is 15.5 Å². The zero-order valence-electron chi connectivity index (χ0n) is 16.0. The SMILES string of the molecule is Cl.O=C(O)C1(F)CN(C(c2ccccc2)c2ccccc2)C1.O=C(O)C1(F)CNC1.[HH]. The molecule has 9 heteroatoms. The molecule has 0 spiro atoms. The Bertz CT molecular complexity index is 827. The van der Waals surface area contributed by atoms with Crippen LogP contribution in [0, 0.1) is 0 Å². The van der Waals surface area contributed by atoms with Gasteiger partial charge in [-0.2, -0.15) is 0 Å². The molecule has 0 aromatic heterocycles. The molecular formula is C21H25ClF2N2O4. The molecule has 3 N–H and O–H groups in total. The lowest BCUT2D eigenvalue weighted by Gasteiger charge is -2.46. The number of halogens is 3. The predicted octanol–water partition coefficient (Wildman–Crippen LogP) is 2.93.